The third-order valence-electron chi connectivity index (χ3n) is 3.83. The molecule has 0 aliphatic heterocycles. The zero-order valence-electron chi connectivity index (χ0n) is 18.3. The van der Waals surface area contributed by atoms with Gasteiger partial charge in [0.25, 0.3) is 5.16 Å². The first-order chi connectivity index (χ1) is 15.5. The van der Waals surface area contributed by atoms with Crippen LogP contribution in [-0.2, 0) is 24.1 Å². The highest BCUT2D eigenvalue weighted by Crippen LogP contribution is 2.36. The topological polar surface area (TPSA) is 177 Å². The average molecular weight is 482 g/mol. The minimum atomic E-state index is -4.02. The first-order valence-corrected chi connectivity index (χ1v) is 11.5. The van der Waals surface area contributed by atoms with E-state index in [0.29, 0.717) is 5.56 Å². The predicted octanol–water partition coefficient (Wildman–Crippen LogP) is 2.04. The zero-order chi connectivity index (χ0) is 24.8. The number of rotatable bonds is 10. The number of ether oxygens (including phenoxy) is 3. The fraction of sp³-hybridized carbons (Fsp3) is 0.368. The number of nitrogens with one attached hydrogen (secondary N) is 1. The minimum Gasteiger partial charge on any atom is -0.465 e. The summed E-state index contributed by atoms with van der Waals surface area (Å²) >= 11 is 0. The van der Waals surface area contributed by atoms with Crippen molar-refractivity contribution in [3.63, 3.8) is 0 Å². The van der Waals surface area contributed by atoms with Gasteiger partial charge in [-0.2, -0.15) is 9.97 Å². The van der Waals surface area contributed by atoms with E-state index in [1.807, 2.05) is 0 Å². The molecule has 0 aliphatic rings. The van der Waals surface area contributed by atoms with Crippen molar-refractivity contribution in [2.75, 3.05) is 31.3 Å². The number of hydrogen-bond donors (Lipinski definition) is 1. The first-order valence-electron chi connectivity index (χ1n) is 9.58. The maximum atomic E-state index is 12.1. The predicted molar refractivity (Wildman–Crippen MR) is 114 cm³/mol. The van der Waals surface area contributed by atoms with Gasteiger partial charge in [-0.05, 0) is 44.5 Å². The van der Waals surface area contributed by atoms with Crippen LogP contribution in [-0.4, -0.2) is 61.3 Å². The number of nitro groups is 1. The minimum absolute atomic E-state index is 0.0318. The molecule has 1 N–H and O–H groups in total. The van der Waals surface area contributed by atoms with E-state index >= 15 is 0 Å². The van der Waals surface area contributed by atoms with Gasteiger partial charge in [0.1, 0.15) is 12.3 Å². The Bertz CT molecular complexity index is 1180. The number of aromatic nitrogens is 2. The zero-order valence-corrected chi connectivity index (χ0v) is 19.1. The maximum absolute atomic E-state index is 12.1. The van der Waals surface area contributed by atoms with E-state index in [2.05, 4.69) is 15.3 Å². The number of nitrogens with zero attached hydrogens (tertiary/aromatic N) is 3. The molecule has 0 radical (unpaired) electrons. The van der Waals surface area contributed by atoms with Gasteiger partial charge in [-0.3, -0.25) is 14.9 Å². The molecule has 1 heterocycles. The van der Waals surface area contributed by atoms with E-state index in [1.54, 1.807) is 20.8 Å². The lowest BCUT2D eigenvalue weighted by molar-refractivity contribution is -0.385. The molecule has 2 aromatic rings. The van der Waals surface area contributed by atoms with Crippen molar-refractivity contribution < 1.29 is 37.1 Å². The molecule has 0 aliphatic carbocycles. The average Bonchev–Trinajstić information content (AvgIpc) is 2.71. The highest BCUT2D eigenvalue weighted by molar-refractivity contribution is 7.90. The summed E-state index contributed by atoms with van der Waals surface area (Å²) in [5, 5.41) is 13.4. The van der Waals surface area contributed by atoms with Gasteiger partial charge in [0.05, 0.1) is 23.7 Å². The lowest BCUT2D eigenvalue weighted by Crippen LogP contribution is -2.19. The van der Waals surface area contributed by atoms with Gasteiger partial charge in [-0.1, -0.05) is 0 Å². The second-order valence-corrected chi connectivity index (χ2v) is 8.46. The van der Waals surface area contributed by atoms with Crippen LogP contribution < -0.4 is 10.1 Å². The second kappa shape index (κ2) is 10.7. The van der Waals surface area contributed by atoms with Crippen molar-refractivity contribution in [1.82, 2.24) is 9.97 Å². The highest BCUT2D eigenvalue weighted by atomic mass is 32.2. The smallest absolute Gasteiger partial charge is 0.373 e. The summed E-state index contributed by atoms with van der Waals surface area (Å²) in [5.74, 6) is -2.68. The Hall–Kier alpha value is -3.81. The molecule has 0 atom stereocenters. The number of anilines is 1. The SMILES string of the molecule is CCOC(=O)CNc1nc(S(C)(=O)=O)nc(Oc2cc(C)cc(C(=O)OCC)c2)c1[N+](=O)[O-]. The van der Waals surface area contributed by atoms with Crippen LogP contribution in [0.5, 0.6) is 11.6 Å². The molecule has 0 unspecified atom stereocenters. The summed E-state index contributed by atoms with van der Waals surface area (Å²) in [5.41, 5.74) is -0.130. The summed E-state index contributed by atoms with van der Waals surface area (Å²) < 4.78 is 39.3. The molecule has 1 aromatic heterocycles. The van der Waals surface area contributed by atoms with Crippen LogP contribution in [0.1, 0.15) is 29.8 Å². The highest BCUT2D eigenvalue weighted by Gasteiger charge is 2.30. The molecule has 0 saturated heterocycles. The summed E-state index contributed by atoms with van der Waals surface area (Å²) in [6, 6.07) is 4.25. The lowest BCUT2D eigenvalue weighted by atomic mass is 10.1. The van der Waals surface area contributed by atoms with Gasteiger partial charge in [-0.25, -0.2) is 13.2 Å². The Balaban J connectivity index is 2.59. The van der Waals surface area contributed by atoms with Gasteiger partial charge in [0.2, 0.25) is 15.7 Å². The molecule has 0 fully saturated rings. The molecule has 178 valence electrons. The monoisotopic (exact) mass is 482 g/mol. The van der Waals surface area contributed by atoms with Crippen molar-refractivity contribution in [3.8, 4) is 11.6 Å². The molecule has 0 amide bonds. The summed E-state index contributed by atoms with van der Waals surface area (Å²) in [6.07, 6.45) is 0.804. The van der Waals surface area contributed by atoms with Crippen molar-refractivity contribution in [3.05, 3.63) is 39.4 Å². The number of hydrogen-bond acceptors (Lipinski definition) is 12. The van der Waals surface area contributed by atoms with Crippen molar-refractivity contribution in [2.24, 2.45) is 0 Å². The van der Waals surface area contributed by atoms with Crippen molar-refractivity contribution >= 4 is 33.3 Å². The van der Waals surface area contributed by atoms with Crippen LogP contribution in [0.15, 0.2) is 23.4 Å². The molecular formula is C19H22N4O9S. The second-order valence-electron chi connectivity index (χ2n) is 6.55. The van der Waals surface area contributed by atoms with E-state index in [4.69, 9.17) is 14.2 Å². The standard InChI is InChI=1S/C19H22N4O9S/c1-5-30-14(24)10-20-16-15(23(26)27)17(22-19(21-16)33(4,28)29)32-13-8-11(3)7-12(9-13)18(25)31-6-2/h7-9H,5-6,10H2,1-4H3,(H,20,21,22). The van der Waals surface area contributed by atoms with Crippen LogP contribution in [0.4, 0.5) is 11.5 Å². The lowest BCUT2D eigenvalue weighted by Gasteiger charge is -2.12. The summed E-state index contributed by atoms with van der Waals surface area (Å²) in [6.45, 7) is 4.54. The van der Waals surface area contributed by atoms with E-state index in [-0.39, 0.29) is 24.5 Å². The van der Waals surface area contributed by atoms with E-state index in [0.717, 1.165) is 6.26 Å². The summed E-state index contributed by atoms with van der Waals surface area (Å²) in [7, 11) is -4.02. The Kier molecular flexibility index (Phi) is 8.23. The first kappa shape index (κ1) is 25.5. The van der Waals surface area contributed by atoms with E-state index in [1.165, 1.54) is 18.2 Å². The van der Waals surface area contributed by atoms with Crippen LogP contribution in [0.2, 0.25) is 0 Å². The van der Waals surface area contributed by atoms with E-state index in [9.17, 15) is 28.1 Å². The van der Waals surface area contributed by atoms with Gasteiger partial charge in [-0.15, -0.1) is 0 Å². The number of aryl methyl sites for hydroxylation is 1. The molecular weight excluding hydrogens is 460 g/mol. The van der Waals surface area contributed by atoms with Gasteiger partial charge < -0.3 is 19.5 Å². The molecule has 33 heavy (non-hydrogen) atoms. The quantitative estimate of drug-likeness (QED) is 0.226. The fourth-order valence-electron chi connectivity index (χ4n) is 2.56. The summed E-state index contributed by atoms with van der Waals surface area (Å²) in [4.78, 5) is 42.0. The third kappa shape index (κ3) is 6.83. The Morgan fingerprint density at radius 2 is 1.79 bits per heavy atom. The number of esters is 2. The normalized spacial score (nSPS) is 10.9. The van der Waals surface area contributed by atoms with Crippen LogP contribution in [0.3, 0.4) is 0 Å². The van der Waals surface area contributed by atoms with Gasteiger partial charge in [0.15, 0.2) is 0 Å². The molecule has 14 heteroatoms. The number of carbonyl (C=O) groups is 2. The maximum Gasteiger partial charge on any atom is 0.373 e. The number of sulfone groups is 1. The molecule has 2 rings (SSSR count). The molecule has 13 nitrogen and oxygen atoms in total. The Labute approximate surface area is 189 Å². The molecule has 0 saturated carbocycles. The van der Waals surface area contributed by atoms with Crippen molar-refractivity contribution in [1.29, 1.82) is 0 Å². The third-order valence-corrected chi connectivity index (χ3v) is 4.67. The number of benzene rings is 1. The van der Waals surface area contributed by atoms with Crippen LogP contribution in [0, 0.1) is 17.0 Å². The van der Waals surface area contributed by atoms with Crippen molar-refractivity contribution in [2.45, 2.75) is 25.9 Å². The Morgan fingerprint density at radius 3 is 2.36 bits per heavy atom. The molecule has 0 bridgehead atoms. The Morgan fingerprint density at radius 1 is 1.12 bits per heavy atom. The van der Waals surface area contributed by atoms with E-state index < -0.39 is 55.8 Å². The van der Waals surface area contributed by atoms with Crippen LogP contribution >= 0.6 is 0 Å². The van der Waals surface area contributed by atoms with Gasteiger partial charge >= 0.3 is 23.5 Å². The van der Waals surface area contributed by atoms with Gasteiger partial charge in [0, 0.05) is 6.26 Å². The number of carbonyl (C=O) groups excluding carboxylic acids is 2. The fourth-order valence-corrected chi connectivity index (χ4v) is 3.06. The molecule has 1 aromatic carbocycles. The van der Waals surface area contributed by atoms with Crippen LogP contribution in [0.25, 0.3) is 0 Å². The largest absolute Gasteiger partial charge is 0.465 e. The molecule has 0 spiro atoms.